The molecule has 2 aromatic carbocycles. The third kappa shape index (κ3) is 4.90. The molecule has 192 valence electrons. The summed E-state index contributed by atoms with van der Waals surface area (Å²) < 4.78 is 1.70. The van der Waals surface area contributed by atoms with Gasteiger partial charge in [0.15, 0.2) is 17.0 Å². The van der Waals surface area contributed by atoms with Crippen molar-refractivity contribution >= 4 is 34.5 Å². The standard InChI is InChI=1S/C27H29ClN6O3/c1-15(24(29)37)18-12-20(23(36)22(18)35)34-14-31-21-25(32-27(28)33-26(21)34)30-13-19(16-8-4-2-5-9-16)17-10-6-3-7-11-17/h2-11,14-15,18-20,22-23,35-36H,12-13H2,1H3,(H2,29,37)(H,30,32,33)/t15?,18-,20+,22+,23-/m0/s1. The highest BCUT2D eigenvalue weighted by atomic mass is 35.5. The minimum atomic E-state index is -1.12. The van der Waals surface area contributed by atoms with Crippen LogP contribution in [0.15, 0.2) is 67.0 Å². The molecule has 0 aliphatic heterocycles. The van der Waals surface area contributed by atoms with E-state index in [0.29, 0.717) is 29.9 Å². The van der Waals surface area contributed by atoms with E-state index < -0.39 is 36.0 Å². The Kier molecular flexibility index (Phi) is 7.10. The van der Waals surface area contributed by atoms with Crippen LogP contribution in [0.2, 0.25) is 5.28 Å². The zero-order chi connectivity index (χ0) is 26.1. The molecule has 0 radical (unpaired) electrons. The van der Waals surface area contributed by atoms with Crippen LogP contribution < -0.4 is 11.1 Å². The minimum absolute atomic E-state index is 0.0304. The van der Waals surface area contributed by atoms with Crippen molar-refractivity contribution in [1.82, 2.24) is 19.5 Å². The van der Waals surface area contributed by atoms with Crippen LogP contribution in [-0.4, -0.2) is 54.4 Å². The van der Waals surface area contributed by atoms with Crippen molar-refractivity contribution in [3.05, 3.63) is 83.4 Å². The van der Waals surface area contributed by atoms with Crippen LogP contribution in [0.4, 0.5) is 5.82 Å². The number of aromatic nitrogens is 4. The van der Waals surface area contributed by atoms with Crippen LogP contribution in [0.25, 0.3) is 11.2 Å². The molecule has 37 heavy (non-hydrogen) atoms. The fraction of sp³-hybridized carbons (Fsp3) is 0.333. The Morgan fingerprint density at radius 3 is 2.30 bits per heavy atom. The summed E-state index contributed by atoms with van der Waals surface area (Å²) in [5, 5.41) is 24.9. The lowest BCUT2D eigenvalue weighted by molar-refractivity contribution is -0.124. The Morgan fingerprint density at radius 2 is 1.70 bits per heavy atom. The van der Waals surface area contributed by atoms with Crippen LogP contribution in [0.1, 0.15) is 36.4 Å². The van der Waals surface area contributed by atoms with E-state index in [0.717, 1.165) is 11.1 Å². The van der Waals surface area contributed by atoms with Crippen LogP contribution in [0, 0.1) is 11.8 Å². The zero-order valence-electron chi connectivity index (χ0n) is 20.3. The number of rotatable bonds is 8. The number of nitrogens with zero attached hydrogens (tertiary/aromatic N) is 4. The van der Waals surface area contributed by atoms with Gasteiger partial charge in [-0.1, -0.05) is 67.6 Å². The number of halogens is 1. The molecule has 2 aromatic heterocycles. The molecule has 2 heterocycles. The molecule has 1 aliphatic rings. The first kappa shape index (κ1) is 25.1. The van der Waals surface area contributed by atoms with Gasteiger partial charge in [0.1, 0.15) is 6.10 Å². The van der Waals surface area contributed by atoms with Crippen molar-refractivity contribution in [2.75, 3.05) is 11.9 Å². The van der Waals surface area contributed by atoms with Gasteiger partial charge in [0.2, 0.25) is 11.2 Å². The van der Waals surface area contributed by atoms with E-state index in [-0.39, 0.29) is 11.2 Å². The zero-order valence-corrected chi connectivity index (χ0v) is 21.0. The van der Waals surface area contributed by atoms with E-state index in [4.69, 9.17) is 17.3 Å². The lowest BCUT2D eigenvalue weighted by Gasteiger charge is -2.20. The van der Waals surface area contributed by atoms with E-state index in [1.54, 1.807) is 17.8 Å². The minimum Gasteiger partial charge on any atom is -0.390 e. The highest BCUT2D eigenvalue weighted by Crippen LogP contribution is 2.41. The number of benzene rings is 2. The second kappa shape index (κ2) is 10.5. The number of hydrogen-bond acceptors (Lipinski definition) is 7. The van der Waals surface area contributed by atoms with Crippen LogP contribution in [0.3, 0.4) is 0 Å². The highest BCUT2D eigenvalue weighted by molar-refractivity contribution is 6.28. The molecule has 5 N–H and O–H groups in total. The lowest BCUT2D eigenvalue weighted by atomic mass is 9.90. The number of amides is 1. The Morgan fingerprint density at radius 1 is 1.08 bits per heavy atom. The van der Waals surface area contributed by atoms with E-state index in [1.807, 2.05) is 36.4 Å². The molecule has 5 atom stereocenters. The summed E-state index contributed by atoms with van der Waals surface area (Å²) in [7, 11) is 0. The summed E-state index contributed by atoms with van der Waals surface area (Å²) in [5.41, 5.74) is 8.70. The fourth-order valence-corrected chi connectivity index (χ4v) is 5.45. The van der Waals surface area contributed by atoms with Crippen LogP contribution in [-0.2, 0) is 4.79 Å². The van der Waals surface area contributed by atoms with E-state index in [9.17, 15) is 15.0 Å². The predicted octanol–water partition coefficient (Wildman–Crippen LogP) is 3.13. The molecule has 9 nitrogen and oxygen atoms in total. The van der Waals surface area contributed by atoms with Gasteiger partial charge < -0.3 is 25.8 Å². The van der Waals surface area contributed by atoms with Crippen molar-refractivity contribution in [3.63, 3.8) is 0 Å². The van der Waals surface area contributed by atoms with Gasteiger partial charge in [-0.15, -0.1) is 0 Å². The first-order chi connectivity index (χ1) is 17.8. The lowest BCUT2D eigenvalue weighted by Crippen LogP contribution is -2.35. The number of nitrogens with two attached hydrogens (primary N) is 1. The normalized spacial score (nSPS) is 22.4. The number of nitrogens with one attached hydrogen (secondary N) is 1. The SMILES string of the molecule is CC(C(N)=O)[C@@H]1C[C@@H](n2cnc3c(NCC(c4ccccc4)c4ccccc4)nc(Cl)nc32)[C@H](O)[C@@H]1O. The second-order valence-electron chi connectivity index (χ2n) is 9.56. The Hall–Kier alpha value is -3.53. The molecule has 1 amide bonds. The number of anilines is 1. The van der Waals surface area contributed by atoms with Crippen LogP contribution in [0.5, 0.6) is 0 Å². The number of aliphatic hydroxyl groups is 2. The first-order valence-corrected chi connectivity index (χ1v) is 12.6. The molecule has 5 rings (SSSR count). The fourth-order valence-electron chi connectivity index (χ4n) is 5.28. The van der Waals surface area contributed by atoms with Gasteiger partial charge in [-0.25, -0.2) is 4.98 Å². The van der Waals surface area contributed by atoms with Crippen molar-refractivity contribution in [2.45, 2.75) is 37.5 Å². The number of carbonyl (C=O) groups excluding carboxylic acids is 1. The predicted molar refractivity (Wildman–Crippen MR) is 141 cm³/mol. The Bertz CT molecular complexity index is 1340. The van der Waals surface area contributed by atoms with E-state index in [2.05, 4.69) is 44.5 Å². The molecule has 1 aliphatic carbocycles. The van der Waals surface area contributed by atoms with Crippen molar-refractivity contribution in [3.8, 4) is 0 Å². The summed E-state index contributed by atoms with van der Waals surface area (Å²) in [6.45, 7) is 2.20. The average molecular weight is 521 g/mol. The maximum absolute atomic E-state index is 11.7. The Labute approximate surface area is 219 Å². The van der Waals surface area contributed by atoms with Gasteiger partial charge >= 0.3 is 0 Å². The number of fused-ring (bicyclic) bond motifs is 1. The molecule has 10 heteroatoms. The van der Waals surface area contributed by atoms with Crippen LogP contribution >= 0.6 is 11.6 Å². The van der Waals surface area contributed by atoms with Gasteiger partial charge in [-0.2, -0.15) is 9.97 Å². The van der Waals surface area contributed by atoms with Gasteiger partial charge in [0.25, 0.3) is 0 Å². The molecule has 0 saturated heterocycles. The second-order valence-corrected chi connectivity index (χ2v) is 9.90. The number of aliphatic hydroxyl groups excluding tert-OH is 2. The monoisotopic (exact) mass is 520 g/mol. The number of imidazole rings is 1. The van der Waals surface area contributed by atoms with E-state index in [1.165, 1.54) is 0 Å². The Balaban J connectivity index is 1.45. The third-order valence-corrected chi connectivity index (χ3v) is 7.59. The molecule has 1 unspecified atom stereocenters. The van der Waals surface area contributed by atoms with Gasteiger partial charge in [-0.3, -0.25) is 4.79 Å². The largest absolute Gasteiger partial charge is 0.390 e. The van der Waals surface area contributed by atoms with Gasteiger partial charge in [0, 0.05) is 24.3 Å². The highest BCUT2D eigenvalue weighted by Gasteiger charge is 2.46. The third-order valence-electron chi connectivity index (χ3n) is 7.42. The van der Waals surface area contributed by atoms with Crippen molar-refractivity contribution < 1.29 is 15.0 Å². The maximum Gasteiger partial charge on any atom is 0.226 e. The first-order valence-electron chi connectivity index (χ1n) is 12.2. The summed E-state index contributed by atoms with van der Waals surface area (Å²) >= 11 is 6.32. The summed E-state index contributed by atoms with van der Waals surface area (Å²) in [6.07, 6.45) is -0.316. The molecular weight excluding hydrogens is 492 g/mol. The summed E-state index contributed by atoms with van der Waals surface area (Å²) in [5.74, 6) is -1.07. The smallest absolute Gasteiger partial charge is 0.226 e. The molecule has 0 spiro atoms. The van der Waals surface area contributed by atoms with Crippen molar-refractivity contribution in [1.29, 1.82) is 0 Å². The number of hydrogen-bond donors (Lipinski definition) is 4. The molecule has 0 bridgehead atoms. The van der Waals surface area contributed by atoms with Crippen molar-refractivity contribution in [2.24, 2.45) is 17.6 Å². The quantitative estimate of drug-likeness (QED) is 0.262. The van der Waals surface area contributed by atoms with E-state index >= 15 is 0 Å². The number of carbonyl (C=O) groups is 1. The summed E-state index contributed by atoms with van der Waals surface area (Å²) in [4.78, 5) is 25.0. The van der Waals surface area contributed by atoms with Gasteiger partial charge in [-0.05, 0) is 29.1 Å². The molecular formula is C27H29ClN6O3. The average Bonchev–Trinajstić information content (AvgIpc) is 3.45. The maximum atomic E-state index is 11.7. The molecule has 4 aromatic rings. The number of primary amides is 1. The summed E-state index contributed by atoms with van der Waals surface area (Å²) in [6, 6.07) is 19.8. The topological polar surface area (TPSA) is 139 Å². The molecule has 1 fully saturated rings. The van der Waals surface area contributed by atoms with Gasteiger partial charge in [0.05, 0.1) is 18.5 Å². The molecule has 1 saturated carbocycles.